The first-order valence-electron chi connectivity index (χ1n) is 11.7. The Balaban J connectivity index is 0.00000320. The van der Waals surface area contributed by atoms with Crippen molar-refractivity contribution in [2.24, 2.45) is 10.9 Å². The normalized spacial score (nSPS) is 22.3. The number of nitrogens with zero attached hydrogens (tertiary/aromatic N) is 3. The molecule has 1 N–H and O–H groups in total. The van der Waals surface area contributed by atoms with Crippen molar-refractivity contribution in [3.05, 3.63) is 35.9 Å². The fourth-order valence-electron chi connectivity index (χ4n) is 4.78. The van der Waals surface area contributed by atoms with Gasteiger partial charge in [-0.15, -0.1) is 24.0 Å². The topological polar surface area (TPSA) is 40.1 Å². The van der Waals surface area contributed by atoms with Gasteiger partial charge in [0.25, 0.3) is 0 Å². The molecular formula is C24H41IN4O. The van der Waals surface area contributed by atoms with Gasteiger partial charge in [0, 0.05) is 52.0 Å². The number of likely N-dealkylation sites (tertiary alicyclic amines) is 2. The van der Waals surface area contributed by atoms with Crippen molar-refractivity contribution < 1.29 is 4.74 Å². The zero-order chi connectivity index (χ0) is 20.3. The lowest BCUT2D eigenvalue weighted by Gasteiger charge is -2.48. The van der Waals surface area contributed by atoms with E-state index in [2.05, 4.69) is 59.3 Å². The molecule has 0 saturated carbocycles. The Bertz CT molecular complexity index is 612. The molecule has 2 aliphatic heterocycles. The largest absolute Gasteiger partial charge is 0.382 e. The van der Waals surface area contributed by atoms with E-state index in [9.17, 15) is 0 Å². The molecule has 2 saturated heterocycles. The lowest BCUT2D eigenvalue weighted by atomic mass is 9.83. The first-order valence-corrected chi connectivity index (χ1v) is 11.7. The Morgan fingerprint density at radius 1 is 1.13 bits per heavy atom. The molecule has 0 radical (unpaired) electrons. The number of nitrogens with one attached hydrogen (secondary N) is 1. The second kappa shape index (κ2) is 14.2. The minimum absolute atomic E-state index is 0. The summed E-state index contributed by atoms with van der Waals surface area (Å²) in [6.07, 6.45) is 6.09. The van der Waals surface area contributed by atoms with E-state index in [0.717, 1.165) is 70.7 Å². The number of fused-ring (bicyclic) bond motifs is 1. The lowest BCUT2D eigenvalue weighted by molar-refractivity contribution is 0.0372. The fourth-order valence-corrected chi connectivity index (χ4v) is 4.78. The maximum atomic E-state index is 5.44. The number of rotatable bonds is 9. The van der Waals surface area contributed by atoms with Crippen LogP contribution in [0.3, 0.4) is 0 Å². The van der Waals surface area contributed by atoms with Gasteiger partial charge in [-0.05, 0) is 64.0 Å². The third-order valence-corrected chi connectivity index (χ3v) is 6.21. The zero-order valence-corrected chi connectivity index (χ0v) is 21.2. The quantitative estimate of drug-likeness (QED) is 0.224. The molecule has 1 aromatic carbocycles. The molecule has 0 aromatic heterocycles. The number of hydrogen-bond donors (Lipinski definition) is 1. The number of aliphatic imine (C=N–C) groups is 1. The Labute approximate surface area is 200 Å². The fraction of sp³-hybridized carbons (Fsp3) is 0.708. The molecule has 2 unspecified atom stereocenters. The van der Waals surface area contributed by atoms with Crippen LogP contribution in [0.5, 0.6) is 0 Å². The minimum atomic E-state index is 0. The van der Waals surface area contributed by atoms with E-state index >= 15 is 0 Å². The highest BCUT2D eigenvalue weighted by Gasteiger charge is 2.36. The summed E-state index contributed by atoms with van der Waals surface area (Å²) in [5.74, 6) is 1.87. The summed E-state index contributed by atoms with van der Waals surface area (Å²) in [6.45, 7) is 12.3. The first kappa shape index (κ1) is 25.4. The number of ether oxygens (including phenoxy) is 1. The lowest BCUT2D eigenvalue weighted by Crippen LogP contribution is -2.56. The predicted molar refractivity (Wildman–Crippen MR) is 137 cm³/mol. The third-order valence-electron chi connectivity index (χ3n) is 6.21. The van der Waals surface area contributed by atoms with Crippen LogP contribution < -0.4 is 5.32 Å². The average molecular weight is 529 g/mol. The standard InChI is InChI=1S/C24H40N4O.HI/c1-3-25-24(26-15-8-9-18-29-4-2)28-17-14-23-22(20-28)13-10-16-27(23)19-21-11-6-5-7-12-21;/h5-7,11-12,22-23H,3-4,8-10,13-20H2,1-2H3,(H,25,26);1H. The Morgan fingerprint density at radius 3 is 2.73 bits per heavy atom. The van der Waals surface area contributed by atoms with E-state index in [0.29, 0.717) is 6.04 Å². The predicted octanol–water partition coefficient (Wildman–Crippen LogP) is 4.37. The summed E-state index contributed by atoms with van der Waals surface area (Å²) < 4.78 is 5.44. The minimum Gasteiger partial charge on any atom is -0.382 e. The maximum Gasteiger partial charge on any atom is 0.193 e. The van der Waals surface area contributed by atoms with Gasteiger partial charge in [-0.1, -0.05) is 30.3 Å². The van der Waals surface area contributed by atoms with Crippen LogP contribution in [0.2, 0.25) is 0 Å². The van der Waals surface area contributed by atoms with Crippen molar-refractivity contribution in [3.63, 3.8) is 0 Å². The second-order valence-corrected chi connectivity index (χ2v) is 8.30. The van der Waals surface area contributed by atoms with Crippen molar-refractivity contribution in [3.8, 4) is 0 Å². The summed E-state index contributed by atoms with van der Waals surface area (Å²) in [5.41, 5.74) is 1.44. The first-order chi connectivity index (χ1) is 14.3. The molecule has 170 valence electrons. The van der Waals surface area contributed by atoms with Gasteiger partial charge in [-0.3, -0.25) is 9.89 Å². The van der Waals surface area contributed by atoms with Crippen molar-refractivity contribution in [1.82, 2.24) is 15.1 Å². The van der Waals surface area contributed by atoms with Crippen LogP contribution in [0, 0.1) is 5.92 Å². The summed E-state index contributed by atoms with van der Waals surface area (Å²) in [4.78, 5) is 10.2. The van der Waals surface area contributed by atoms with Gasteiger partial charge >= 0.3 is 0 Å². The highest BCUT2D eigenvalue weighted by atomic mass is 127. The number of unbranched alkanes of at least 4 members (excludes halogenated alkanes) is 1. The van der Waals surface area contributed by atoms with Gasteiger partial charge in [-0.2, -0.15) is 0 Å². The summed E-state index contributed by atoms with van der Waals surface area (Å²) >= 11 is 0. The zero-order valence-electron chi connectivity index (χ0n) is 18.9. The van der Waals surface area contributed by atoms with Crippen LogP contribution in [0.1, 0.15) is 51.5 Å². The highest BCUT2D eigenvalue weighted by molar-refractivity contribution is 14.0. The molecule has 5 nitrogen and oxygen atoms in total. The van der Waals surface area contributed by atoms with Gasteiger partial charge in [0.2, 0.25) is 0 Å². The van der Waals surface area contributed by atoms with Crippen LogP contribution in [0.4, 0.5) is 0 Å². The number of guanidine groups is 1. The molecule has 6 heteroatoms. The van der Waals surface area contributed by atoms with Crippen molar-refractivity contribution >= 4 is 29.9 Å². The van der Waals surface area contributed by atoms with Gasteiger partial charge < -0.3 is 15.0 Å². The van der Waals surface area contributed by atoms with E-state index < -0.39 is 0 Å². The summed E-state index contributed by atoms with van der Waals surface area (Å²) in [5, 5.41) is 3.53. The van der Waals surface area contributed by atoms with Gasteiger partial charge in [-0.25, -0.2) is 0 Å². The van der Waals surface area contributed by atoms with Crippen LogP contribution in [-0.2, 0) is 11.3 Å². The number of hydrogen-bond acceptors (Lipinski definition) is 3. The van der Waals surface area contributed by atoms with Gasteiger partial charge in [0.15, 0.2) is 5.96 Å². The molecule has 2 fully saturated rings. The number of benzene rings is 1. The molecule has 1 aromatic rings. The smallest absolute Gasteiger partial charge is 0.193 e. The highest BCUT2D eigenvalue weighted by Crippen LogP contribution is 2.31. The summed E-state index contributed by atoms with van der Waals surface area (Å²) in [7, 11) is 0. The van der Waals surface area contributed by atoms with Crippen LogP contribution >= 0.6 is 24.0 Å². The molecular weight excluding hydrogens is 487 g/mol. The molecule has 3 rings (SSSR count). The SMILES string of the molecule is CCNC(=NCCCCOCC)N1CCC2C(CCCN2Cc2ccccc2)C1.I. The Kier molecular flexibility index (Phi) is 12.1. The molecule has 2 heterocycles. The molecule has 2 atom stereocenters. The molecule has 30 heavy (non-hydrogen) atoms. The van der Waals surface area contributed by atoms with Crippen LogP contribution in [-0.4, -0.2) is 67.7 Å². The van der Waals surface area contributed by atoms with E-state index in [1.807, 2.05) is 0 Å². The second-order valence-electron chi connectivity index (χ2n) is 8.30. The van der Waals surface area contributed by atoms with Gasteiger partial charge in [0.1, 0.15) is 0 Å². The number of halogens is 1. The van der Waals surface area contributed by atoms with E-state index in [1.165, 1.54) is 31.4 Å². The summed E-state index contributed by atoms with van der Waals surface area (Å²) in [6, 6.07) is 11.7. The third kappa shape index (κ3) is 7.68. The molecule has 0 amide bonds. The van der Waals surface area contributed by atoms with Gasteiger partial charge in [0.05, 0.1) is 0 Å². The molecule has 2 aliphatic rings. The van der Waals surface area contributed by atoms with E-state index in [4.69, 9.17) is 9.73 Å². The van der Waals surface area contributed by atoms with E-state index in [1.54, 1.807) is 0 Å². The van der Waals surface area contributed by atoms with Crippen molar-refractivity contribution in [2.75, 3.05) is 45.9 Å². The van der Waals surface area contributed by atoms with Crippen LogP contribution in [0.25, 0.3) is 0 Å². The monoisotopic (exact) mass is 528 g/mol. The van der Waals surface area contributed by atoms with Crippen molar-refractivity contribution in [2.45, 2.75) is 58.5 Å². The number of piperidine rings is 2. The molecule has 0 spiro atoms. The molecule has 0 bridgehead atoms. The maximum absolute atomic E-state index is 5.44. The van der Waals surface area contributed by atoms with Crippen molar-refractivity contribution in [1.29, 1.82) is 0 Å². The van der Waals surface area contributed by atoms with Crippen LogP contribution in [0.15, 0.2) is 35.3 Å². The van der Waals surface area contributed by atoms with E-state index in [-0.39, 0.29) is 24.0 Å². The Morgan fingerprint density at radius 2 is 1.97 bits per heavy atom. The molecule has 0 aliphatic carbocycles. The average Bonchev–Trinajstić information content (AvgIpc) is 2.76. The Hall–Kier alpha value is -0.860.